The second-order valence-corrected chi connectivity index (χ2v) is 4.39. The van der Waals surface area contributed by atoms with Crippen LogP contribution in [0.2, 0.25) is 0 Å². The minimum Gasteiger partial charge on any atom is -0.324 e. The van der Waals surface area contributed by atoms with Gasteiger partial charge >= 0.3 is 12.4 Å². The van der Waals surface area contributed by atoms with Crippen molar-refractivity contribution >= 4 is 12.4 Å². The monoisotopic (exact) mass is 351 g/mol. The molecule has 0 aliphatic heterocycles. The molecule has 22 heavy (non-hydrogen) atoms. The lowest BCUT2D eigenvalue weighted by Crippen LogP contribution is -2.21. The van der Waals surface area contributed by atoms with Gasteiger partial charge in [-0.25, -0.2) is 4.39 Å². The van der Waals surface area contributed by atoms with Crippen molar-refractivity contribution in [3.05, 3.63) is 47.3 Å². The summed E-state index contributed by atoms with van der Waals surface area (Å²) in [5.41, 5.74) is 1.10. The molecule has 2 N–H and O–H groups in total. The SMILES string of the molecule is C=CCC[C@@H](N)c1c(F)cc(C(F)(F)F)cc1C(F)(F)F.Cl. The zero-order valence-electron chi connectivity index (χ0n) is 11.1. The average molecular weight is 352 g/mol. The first-order chi connectivity index (χ1) is 9.48. The summed E-state index contributed by atoms with van der Waals surface area (Å²) in [6.07, 6.45) is -8.70. The lowest BCUT2D eigenvalue weighted by atomic mass is 9.94. The van der Waals surface area contributed by atoms with Gasteiger partial charge in [0.15, 0.2) is 0 Å². The number of hydrogen-bond acceptors (Lipinski definition) is 1. The maximum Gasteiger partial charge on any atom is 0.416 e. The molecule has 1 aromatic rings. The third kappa shape index (κ3) is 4.88. The maximum atomic E-state index is 13.7. The lowest BCUT2D eigenvalue weighted by molar-refractivity contribution is -0.144. The van der Waals surface area contributed by atoms with Gasteiger partial charge in [-0.2, -0.15) is 26.3 Å². The molecule has 0 saturated carbocycles. The normalized spacial score (nSPS) is 13.5. The van der Waals surface area contributed by atoms with E-state index in [2.05, 4.69) is 6.58 Å². The molecule has 0 heterocycles. The summed E-state index contributed by atoms with van der Waals surface area (Å²) in [6.45, 7) is 3.35. The molecule has 0 amide bonds. The zero-order valence-corrected chi connectivity index (χ0v) is 11.9. The molecular formula is C13H13ClF7N. The third-order valence-electron chi connectivity index (χ3n) is 2.81. The second kappa shape index (κ2) is 7.32. The number of alkyl halides is 6. The molecule has 0 radical (unpaired) electrons. The summed E-state index contributed by atoms with van der Waals surface area (Å²) >= 11 is 0. The van der Waals surface area contributed by atoms with E-state index in [1.807, 2.05) is 0 Å². The Morgan fingerprint density at radius 2 is 1.64 bits per heavy atom. The van der Waals surface area contributed by atoms with Crippen molar-refractivity contribution in [2.75, 3.05) is 0 Å². The topological polar surface area (TPSA) is 26.0 Å². The first-order valence-electron chi connectivity index (χ1n) is 5.82. The minimum absolute atomic E-state index is 0. The summed E-state index contributed by atoms with van der Waals surface area (Å²) in [7, 11) is 0. The summed E-state index contributed by atoms with van der Waals surface area (Å²) in [5.74, 6) is -1.62. The number of rotatable bonds is 4. The smallest absolute Gasteiger partial charge is 0.324 e. The van der Waals surface area contributed by atoms with Crippen molar-refractivity contribution in [1.82, 2.24) is 0 Å². The molecule has 9 heteroatoms. The van der Waals surface area contributed by atoms with E-state index in [1.54, 1.807) is 0 Å². The molecule has 0 unspecified atom stereocenters. The number of halogens is 8. The van der Waals surface area contributed by atoms with Gasteiger partial charge in [0.05, 0.1) is 11.1 Å². The van der Waals surface area contributed by atoms with Crippen molar-refractivity contribution < 1.29 is 30.7 Å². The van der Waals surface area contributed by atoms with Crippen LogP contribution in [0.1, 0.15) is 35.6 Å². The molecule has 1 aromatic carbocycles. The fraction of sp³-hybridized carbons (Fsp3) is 0.385. The second-order valence-electron chi connectivity index (χ2n) is 4.39. The molecule has 0 saturated heterocycles. The number of benzene rings is 1. The van der Waals surface area contributed by atoms with Crippen LogP contribution in [-0.2, 0) is 12.4 Å². The summed E-state index contributed by atoms with van der Waals surface area (Å²) in [6, 6.07) is -1.47. The first kappa shape index (κ1) is 20.7. The molecule has 1 rings (SSSR count). The molecule has 0 aliphatic rings. The highest BCUT2D eigenvalue weighted by Crippen LogP contribution is 2.40. The van der Waals surface area contributed by atoms with Crippen LogP contribution in [0.25, 0.3) is 0 Å². The molecule has 1 nitrogen and oxygen atoms in total. The summed E-state index contributed by atoms with van der Waals surface area (Å²) in [4.78, 5) is 0. The first-order valence-corrected chi connectivity index (χ1v) is 5.82. The highest BCUT2D eigenvalue weighted by atomic mass is 35.5. The van der Waals surface area contributed by atoms with Gasteiger partial charge in [-0.05, 0) is 25.0 Å². The van der Waals surface area contributed by atoms with Crippen molar-refractivity contribution in [3.63, 3.8) is 0 Å². The molecular weight excluding hydrogens is 339 g/mol. The van der Waals surface area contributed by atoms with Gasteiger partial charge in [0.1, 0.15) is 5.82 Å². The lowest BCUT2D eigenvalue weighted by Gasteiger charge is -2.20. The Balaban J connectivity index is 0.00000441. The zero-order chi connectivity index (χ0) is 16.4. The van der Waals surface area contributed by atoms with Crippen molar-refractivity contribution in [1.29, 1.82) is 0 Å². The molecule has 0 bridgehead atoms. The Kier molecular flexibility index (Phi) is 6.90. The fourth-order valence-corrected chi connectivity index (χ4v) is 1.83. The highest BCUT2D eigenvalue weighted by Gasteiger charge is 2.40. The van der Waals surface area contributed by atoms with Gasteiger partial charge in [-0.1, -0.05) is 6.08 Å². The van der Waals surface area contributed by atoms with Gasteiger partial charge in [0, 0.05) is 11.6 Å². The largest absolute Gasteiger partial charge is 0.416 e. The van der Waals surface area contributed by atoms with Crippen LogP contribution in [0.3, 0.4) is 0 Å². The van der Waals surface area contributed by atoms with Gasteiger partial charge in [0.2, 0.25) is 0 Å². The van der Waals surface area contributed by atoms with Crippen LogP contribution in [0.4, 0.5) is 30.7 Å². The Labute approximate surface area is 128 Å². The van der Waals surface area contributed by atoms with Crippen molar-refractivity contribution in [3.8, 4) is 0 Å². The van der Waals surface area contributed by atoms with E-state index in [1.165, 1.54) is 6.08 Å². The standard InChI is InChI=1S/C13H12F7N.ClH/c1-2-3-4-10(21)11-8(13(18,19)20)5-7(6-9(11)14)12(15,16)17;/h2,5-6,10H,1,3-4,21H2;1H/t10-;/m1./s1. The molecule has 0 aromatic heterocycles. The van der Waals surface area contributed by atoms with Crippen LogP contribution < -0.4 is 5.73 Å². The van der Waals surface area contributed by atoms with Crippen molar-refractivity contribution in [2.24, 2.45) is 5.73 Å². The van der Waals surface area contributed by atoms with Crippen LogP contribution >= 0.6 is 12.4 Å². The quantitative estimate of drug-likeness (QED) is 0.582. The summed E-state index contributed by atoms with van der Waals surface area (Å²) in [5, 5.41) is 0. The van der Waals surface area contributed by atoms with Gasteiger partial charge in [-0.3, -0.25) is 0 Å². The Bertz CT molecular complexity index is 522. The van der Waals surface area contributed by atoms with E-state index in [9.17, 15) is 30.7 Å². The van der Waals surface area contributed by atoms with E-state index >= 15 is 0 Å². The fourth-order valence-electron chi connectivity index (χ4n) is 1.83. The Morgan fingerprint density at radius 3 is 2.05 bits per heavy atom. The van der Waals surface area contributed by atoms with Crippen LogP contribution in [0.5, 0.6) is 0 Å². The third-order valence-corrected chi connectivity index (χ3v) is 2.81. The van der Waals surface area contributed by atoms with Crippen molar-refractivity contribution in [2.45, 2.75) is 31.2 Å². The number of allylic oxidation sites excluding steroid dienone is 1. The molecule has 0 aliphatic carbocycles. The molecule has 126 valence electrons. The van der Waals surface area contributed by atoms with E-state index in [0.717, 1.165) is 0 Å². The van der Waals surface area contributed by atoms with Gasteiger partial charge < -0.3 is 5.73 Å². The maximum absolute atomic E-state index is 13.7. The predicted octanol–water partition coefficient (Wildman–Crippen LogP) is 5.25. The average Bonchev–Trinajstić information content (AvgIpc) is 2.32. The molecule has 0 spiro atoms. The number of hydrogen-bond donors (Lipinski definition) is 1. The van der Waals surface area contributed by atoms with E-state index in [4.69, 9.17) is 5.73 Å². The van der Waals surface area contributed by atoms with Crippen LogP contribution in [0, 0.1) is 5.82 Å². The van der Waals surface area contributed by atoms with E-state index in [0.29, 0.717) is 0 Å². The van der Waals surface area contributed by atoms with Gasteiger partial charge in [-0.15, -0.1) is 19.0 Å². The van der Waals surface area contributed by atoms with Gasteiger partial charge in [0.25, 0.3) is 0 Å². The Morgan fingerprint density at radius 1 is 1.09 bits per heavy atom. The van der Waals surface area contributed by atoms with Crippen LogP contribution in [-0.4, -0.2) is 0 Å². The number of nitrogens with two attached hydrogens (primary N) is 1. The van der Waals surface area contributed by atoms with E-state index in [-0.39, 0.29) is 37.4 Å². The summed E-state index contributed by atoms with van der Waals surface area (Å²) < 4.78 is 89.8. The Hall–Kier alpha value is -1.28. The molecule has 1 atom stereocenters. The van der Waals surface area contributed by atoms with E-state index < -0.39 is 40.9 Å². The highest BCUT2D eigenvalue weighted by molar-refractivity contribution is 5.85. The predicted molar refractivity (Wildman–Crippen MR) is 70.0 cm³/mol. The van der Waals surface area contributed by atoms with Crippen LogP contribution in [0.15, 0.2) is 24.8 Å². The molecule has 0 fully saturated rings. The minimum atomic E-state index is -5.14.